The number of carbonyl (C=O) groups is 1. The van der Waals surface area contributed by atoms with Gasteiger partial charge in [0.15, 0.2) is 0 Å². The number of aromatic nitrogens is 1. The number of carbonyl (C=O) groups excluding carboxylic acids is 1. The first-order valence-electron chi connectivity index (χ1n) is 7.12. The number of rotatable bonds is 4. The Morgan fingerprint density at radius 3 is 2.74 bits per heavy atom. The summed E-state index contributed by atoms with van der Waals surface area (Å²) in [6, 6.07) is 3.52. The van der Waals surface area contributed by atoms with Crippen molar-refractivity contribution in [3.8, 4) is 0 Å². The summed E-state index contributed by atoms with van der Waals surface area (Å²) in [4.78, 5) is 18.4. The fourth-order valence-electron chi connectivity index (χ4n) is 2.80. The van der Waals surface area contributed by atoms with Crippen LogP contribution in [-0.4, -0.2) is 29.4 Å². The standard InChI is InChI=1S/C15H23N3O/c1-3-13-8-12(9-14(16)17-13)15(19)18(2)10-11-6-4-5-7-11/h8-9,11H,3-7,10H2,1-2H3,(H2,16,17). The third kappa shape index (κ3) is 3.46. The molecule has 0 radical (unpaired) electrons. The Labute approximate surface area is 115 Å². The van der Waals surface area contributed by atoms with Gasteiger partial charge in [0.1, 0.15) is 5.82 Å². The molecule has 0 unspecified atom stereocenters. The quantitative estimate of drug-likeness (QED) is 0.906. The van der Waals surface area contributed by atoms with Crippen LogP contribution >= 0.6 is 0 Å². The zero-order valence-electron chi connectivity index (χ0n) is 11.9. The number of nitrogens with two attached hydrogens (primary N) is 1. The Kier molecular flexibility index (Phi) is 4.40. The molecule has 0 bridgehead atoms. The van der Waals surface area contributed by atoms with E-state index in [2.05, 4.69) is 4.98 Å². The highest BCUT2D eigenvalue weighted by Crippen LogP contribution is 2.25. The van der Waals surface area contributed by atoms with Gasteiger partial charge < -0.3 is 10.6 Å². The highest BCUT2D eigenvalue weighted by Gasteiger charge is 2.20. The Bertz CT molecular complexity index is 453. The monoisotopic (exact) mass is 261 g/mol. The lowest BCUT2D eigenvalue weighted by Gasteiger charge is -2.21. The molecule has 1 aromatic heterocycles. The minimum atomic E-state index is 0.0516. The molecule has 1 amide bonds. The molecule has 1 aliphatic rings. The van der Waals surface area contributed by atoms with Crippen LogP contribution in [0.5, 0.6) is 0 Å². The van der Waals surface area contributed by atoms with Gasteiger partial charge in [0.05, 0.1) is 0 Å². The highest BCUT2D eigenvalue weighted by atomic mass is 16.2. The molecular formula is C15H23N3O. The molecule has 2 N–H and O–H groups in total. The minimum absolute atomic E-state index is 0.0516. The summed E-state index contributed by atoms with van der Waals surface area (Å²) in [6.45, 7) is 2.86. The number of nitrogen functional groups attached to an aromatic ring is 1. The van der Waals surface area contributed by atoms with Crippen molar-refractivity contribution in [2.75, 3.05) is 19.3 Å². The summed E-state index contributed by atoms with van der Waals surface area (Å²) < 4.78 is 0. The van der Waals surface area contributed by atoms with E-state index < -0.39 is 0 Å². The van der Waals surface area contributed by atoms with Crippen molar-refractivity contribution in [1.29, 1.82) is 0 Å². The second kappa shape index (κ2) is 6.04. The minimum Gasteiger partial charge on any atom is -0.384 e. The number of pyridine rings is 1. The van der Waals surface area contributed by atoms with E-state index in [4.69, 9.17) is 5.73 Å². The molecule has 19 heavy (non-hydrogen) atoms. The summed E-state index contributed by atoms with van der Waals surface area (Å²) in [5, 5.41) is 0. The molecule has 0 saturated heterocycles. The molecule has 1 aliphatic carbocycles. The predicted octanol–water partition coefficient (Wildman–Crippen LogP) is 2.49. The number of anilines is 1. The molecular weight excluding hydrogens is 238 g/mol. The fraction of sp³-hybridized carbons (Fsp3) is 0.600. The maximum Gasteiger partial charge on any atom is 0.253 e. The number of amides is 1. The summed E-state index contributed by atoms with van der Waals surface area (Å²) in [5.41, 5.74) is 7.28. The maximum atomic E-state index is 12.4. The lowest BCUT2D eigenvalue weighted by atomic mass is 10.1. The van der Waals surface area contributed by atoms with Gasteiger partial charge in [-0.05, 0) is 37.3 Å². The number of aryl methyl sites for hydroxylation is 1. The van der Waals surface area contributed by atoms with E-state index in [0.29, 0.717) is 17.3 Å². The van der Waals surface area contributed by atoms with Crippen molar-refractivity contribution in [2.24, 2.45) is 5.92 Å². The number of hydrogen-bond acceptors (Lipinski definition) is 3. The molecule has 0 aliphatic heterocycles. The zero-order chi connectivity index (χ0) is 13.8. The van der Waals surface area contributed by atoms with Crippen molar-refractivity contribution < 1.29 is 4.79 Å². The molecule has 1 fully saturated rings. The smallest absolute Gasteiger partial charge is 0.253 e. The fourth-order valence-corrected chi connectivity index (χ4v) is 2.80. The van der Waals surface area contributed by atoms with Gasteiger partial charge in [-0.3, -0.25) is 4.79 Å². The summed E-state index contributed by atoms with van der Waals surface area (Å²) in [5.74, 6) is 1.14. The van der Waals surface area contributed by atoms with E-state index in [-0.39, 0.29) is 5.91 Å². The van der Waals surface area contributed by atoms with E-state index in [1.165, 1.54) is 25.7 Å². The van der Waals surface area contributed by atoms with Crippen LogP contribution in [0.3, 0.4) is 0 Å². The van der Waals surface area contributed by atoms with E-state index in [0.717, 1.165) is 18.7 Å². The van der Waals surface area contributed by atoms with Crippen molar-refractivity contribution in [1.82, 2.24) is 9.88 Å². The van der Waals surface area contributed by atoms with Gasteiger partial charge in [0.2, 0.25) is 0 Å². The van der Waals surface area contributed by atoms with Crippen molar-refractivity contribution in [2.45, 2.75) is 39.0 Å². The first kappa shape index (κ1) is 13.8. The molecule has 1 saturated carbocycles. The molecule has 0 spiro atoms. The van der Waals surface area contributed by atoms with E-state index in [1.54, 1.807) is 6.07 Å². The summed E-state index contributed by atoms with van der Waals surface area (Å²) >= 11 is 0. The van der Waals surface area contributed by atoms with E-state index in [9.17, 15) is 4.79 Å². The van der Waals surface area contributed by atoms with Crippen LogP contribution in [0.25, 0.3) is 0 Å². The topological polar surface area (TPSA) is 59.2 Å². The molecule has 0 aromatic carbocycles. The molecule has 2 rings (SSSR count). The first-order valence-corrected chi connectivity index (χ1v) is 7.12. The number of nitrogens with zero attached hydrogens (tertiary/aromatic N) is 2. The lowest BCUT2D eigenvalue weighted by Crippen LogP contribution is -2.31. The maximum absolute atomic E-state index is 12.4. The van der Waals surface area contributed by atoms with Gasteiger partial charge in [0.25, 0.3) is 5.91 Å². The first-order chi connectivity index (χ1) is 9.10. The van der Waals surface area contributed by atoms with Crippen molar-refractivity contribution in [3.63, 3.8) is 0 Å². The second-order valence-electron chi connectivity index (χ2n) is 5.46. The zero-order valence-corrected chi connectivity index (χ0v) is 11.9. The van der Waals surface area contributed by atoms with Crippen LogP contribution < -0.4 is 5.73 Å². The number of hydrogen-bond donors (Lipinski definition) is 1. The average molecular weight is 261 g/mol. The van der Waals surface area contributed by atoms with Gasteiger partial charge in [-0.25, -0.2) is 4.98 Å². The Balaban J connectivity index is 2.07. The van der Waals surface area contributed by atoms with Crippen molar-refractivity contribution >= 4 is 11.7 Å². The molecule has 104 valence electrons. The van der Waals surface area contributed by atoms with Crippen LogP contribution in [0.1, 0.15) is 48.7 Å². The molecule has 1 heterocycles. The molecule has 0 atom stereocenters. The lowest BCUT2D eigenvalue weighted by molar-refractivity contribution is 0.0773. The highest BCUT2D eigenvalue weighted by molar-refractivity contribution is 5.94. The third-order valence-electron chi connectivity index (χ3n) is 3.86. The van der Waals surface area contributed by atoms with E-state index >= 15 is 0 Å². The van der Waals surface area contributed by atoms with Crippen LogP contribution in [0, 0.1) is 5.92 Å². The van der Waals surface area contributed by atoms with Gasteiger partial charge >= 0.3 is 0 Å². The van der Waals surface area contributed by atoms with Gasteiger partial charge in [0, 0.05) is 24.8 Å². The van der Waals surface area contributed by atoms with Gasteiger partial charge in [-0.15, -0.1) is 0 Å². The van der Waals surface area contributed by atoms with Crippen LogP contribution in [0.2, 0.25) is 0 Å². The Morgan fingerprint density at radius 2 is 2.11 bits per heavy atom. The third-order valence-corrected chi connectivity index (χ3v) is 3.86. The summed E-state index contributed by atoms with van der Waals surface area (Å²) in [7, 11) is 1.88. The van der Waals surface area contributed by atoms with Crippen LogP contribution in [0.15, 0.2) is 12.1 Å². The SMILES string of the molecule is CCc1cc(C(=O)N(C)CC2CCCC2)cc(N)n1. The molecule has 4 nitrogen and oxygen atoms in total. The Hall–Kier alpha value is -1.58. The van der Waals surface area contributed by atoms with Crippen LogP contribution in [0.4, 0.5) is 5.82 Å². The van der Waals surface area contributed by atoms with Crippen molar-refractivity contribution in [3.05, 3.63) is 23.4 Å². The van der Waals surface area contributed by atoms with Gasteiger partial charge in [-0.1, -0.05) is 19.8 Å². The Morgan fingerprint density at radius 1 is 1.42 bits per heavy atom. The largest absolute Gasteiger partial charge is 0.384 e. The summed E-state index contributed by atoms with van der Waals surface area (Å²) in [6.07, 6.45) is 5.88. The average Bonchev–Trinajstić information content (AvgIpc) is 2.89. The van der Waals surface area contributed by atoms with E-state index in [1.807, 2.05) is 24.9 Å². The van der Waals surface area contributed by atoms with Crippen LogP contribution in [-0.2, 0) is 6.42 Å². The van der Waals surface area contributed by atoms with Gasteiger partial charge in [-0.2, -0.15) is 0 Å². The molecule has 1 aromatic rings. The second-order valence-corrected chi connectivity index (χ2v) is 5.46. The normalized spacial score (nSPS) is 15.7. The predicted molar refractivity (Wildman–Crippen MR) is 76.9 cm³/mol. The molecule has 4 heteroatoms.